The van der Waals surface area contributed by atoms with Crippen molar-refractivity contribution in [1.29, 1.82) is 0 Å². The predicted octanol–water partition coefficient (Wildman–Crippen LogP) is 6.71. The highest BCUT2D eigenvalue weighted by molar-refractivity contribution is 6.38. The molecule has 3 atom stereocenters. The molecule has 4 aromatic rings. The first-order chi connectivity index (χ1) is 25.3. The van der Waals surface area contributed by atoms with Crippen molar-refractivity contribution >= 4 is 29.0 Å². The number of methoxy groups -OCH3 is 1. The molecule has 52 heavy (non-hydrogen) atoms. The van der Waals surface area contributed by atoms with Gasteiger partial charge in [-0.2, -0.15) is 0 Å². The fraction of sp³-hybridized carbons (Fsp3) is 0.356. The van der Waals surface area contributed by atoms with Gasteiger partial charge in [-0.05, 0) is 90.8 Å². The SMILES string of the molecule is COc1ccc(C[C@H](NC(=O)[C@@H](CC(=O)C2Cc3ccccc3C2)C2CC2)C(=O)C[C@@H](Cc2ccccc2)C(=O)C(=O)CCc2ccccc2)cc1. The number of rotatable bonds is 19. The molecule has 0 bridgehead atoms. The third-order valence-corrected chi connectivity index (χ3v) is 10.7. The molecule has 0 saturated heterocycles. The molecular formula is C45H47NO6. The second-order valence-corrected chi connectivity index (χ2v) is 14.4. The van der Waals surface area contributed by atoms with Crippen molar-refractivity contribution in [3.8, 4) is 5.75 Å². The van der Waals surface area contributed by atoms with Crippen molar-refractivity contribution in [2.45, 2.75) is 70.3 Å². The second kappa shape index (κ2) is 17.4. The number of hydrogen-bond acceptors (Lipinski definition) is 6. The van der Waals surface area contributed by atoms with Gasteiger partial charge < -0.3 is 10.1 Å². The van der Waals surface area contributed by atoms with Gasteiger partial charge in [-0.1, -0.05) is 97.1 Å². The number of Topliss-reactive ketones (excluding diaryl/α,β-unsaturated/α-hetero) is 4. The van der Waals surface area contributed by atoms with Crippen LogP contribution in [-0.4, -0.2) is 42.2 Å². The van der Waals surface area contributed by atoms with E-state index in [1.807, 2.05) is 84.9 Å². The highest BCUT2D eigenvalue weighted by Gasteiger charge is 2.41. The highest BCUT2D eigenvalue weighted by Crippen LogP contribution is 2.40. The predicted molar refractivity (Wildman–Crippen MR) is 200 cm³/mol. The number of carbonyl (C=O) groups excluding carboxylic acids is 5. The van der Waals surface area contributed by atoms with E-state index in [-0.39, 0.29) is 61.4 Å². The molecule has 1 amide bonds. The van der Waals surface area contributed by atoms with Crippen LogP contribution in [0.1, 0.15) is 59.9 Å². The lowest BCUT2D eigenvalue weighted by molar-refractivity contribution is -0.140. The van der Waals surface area contributed by atoms with E-state index in [1.165, 1.54) is 11.1 Å². The monoisotopic (exact) mass is 697 g/mol. The van der Waals surface area contributed by atoms with Crippen molar-refractivity contribution in [1.82, 2.24) is 5.32 Å². The highest BCUT2D eigenvalue weighted by atomic mass is 16.5. The maximum Gasteiger partial charge on any atom is 0.224 e. The van der Waals surface area contributed by atoms with Gasteiger partial charge in [-0.3, -0.25) is 24.0 Å². The molecule has 0 aromatic heterocycles. The minimum atomic E-state index is -0.946. The lowest BCUT2D eigenvalue weighted by Gasteiger charge is -2.24. The average molecular weight is 698 g/mol. The molecule has 2 aliphatic rings. The van der Waals surface area contributed by atoms with Crippen molar-refractivity contribution in [2.75, 3.05) is 7.11 Å². The lowest BCUT2D eigenvalue weighted by atomic mass is 9.85. The smallest absolute Gasteiger partial charge is 0.224 e. The molecule has 7 nitrogen and oxygen atoms in total. The van der Waals surface area contributed by atoms with Crippen molar-refractivity contribution in [3.63, 3.8) is 0 Å². The molecule has 268 valence electrons. The van der Waals surface area contributed by atoms with Crippen LogP contribution in [0.15, 0.2) is 109 Å². The fourth-order valence-corrected chi connectivity index (χ4v) is 7.46. The van der Waals surface area contributed by atoms with E-state index in [9.17, 15) is 24.0 Å². The van der Waals surface area contributed by atoms with Crippen LogP contribution in [0.25, 0.3) is 0 Å². The molecule has 0 aliphatic heterocycles. The molecule has 1 N–H and O–H groups in total. The third-order valence-electron chi connectivity index (χ3n) is 10.7. The Bertz CT molecular complexity index is 1840. The van der Waals surface area contributed by atoms with Gasteiger partial charge in [0.2, 0.25) is 11.7 Å². The Morgan fingerprint density at radius 2 is 1.27 bits per heavy atom. The van der Waals surface area contributed by atoms with E-state index in [2.05, 4.69) is 17.4 Å². The van der Waals surface area contributed by atoms with Gasteiger partial charge in [-0.25, -0.2) is 0 Å². The quantitative estimate of drug-likeness (QED) is 0.109. The number of nitrogens with one attached hydrogen (secondary N) is 1. The summed E-state index contributed by atoms with van der Waals surface area (Å²) in [4.78, 5) is 69.1. The van der Waals surface area contributed by atoms with Gasteiger partial charge in [0.05, 0.1) is 13.2 Å². The van der Waals surface area contributed by atoms with Crippen LogP contribution in [0.3, 0.4) is 0 Å². The molecule has 7 heteroatoms. The molecule has 6 rings (SSSR count). The molecule has 1 fully saturated rings. The van der Waals surface area contributed by atoms with Crippen molar-refractivity contribution < 1.29 is 28.7 Å². The standard InChI is InChI=1S/C45H47NO6/c1-52-38-21-16-32(17-22-38)25-40(46-45(51)39(33-19-20-33)29-42(48)36-26-34-14-8-9-15-35(34)27-36)43(49)28-37(24-31-12-6-3-7-13-31)44(50)41(47)23-18-30-10-4-2-5-11-30/h2-17,21-22,33,36-37,39-40H,18-20,23-29H2,1H3,(H,46,51)/t37-,39+,40+/m1/s1. The molecule has 4 aromatic carbocycles. The summed E-state index contributed by atoms with van der Waals surface area (Å²) in [6, 6.07) is 33.4. The van der Waals surface area contributed by atoms with E-state index in [0.29, 0.717) is 25.0 Å². The van der Waals surface area contributed by atoms with Crippen LogP contribution in [0.2, 0.25) is 0 Å². The Kier molecular flexibility index (Phi) is 12.2. The summed E-state index contributed by atoms with van der Waals surface area (Å²) in [7, 11) is 1.58. The summed E-state index contributed by atoms with van der Waals surface area (Å²) in [5, 5.41) is 3.04. The zero-order valence-electron chi connectivity index (χ0n) is 29.8. The van der Waals surface area contributed by atoms with Crippen molar-refractivity contribution in [3.05, 3.63) is 137 Å². The molecule has 0 spiro atoms. The number of fused-ring (bicyclic) bond motifs is 1. The van der Waals surface area contributed by atoms with Crippen molar-refractivity contribution in [2.24, 2.45) is 23.7 Å². The first kappa shape index (κ1) is 36.6. The molecule has 0 radical (unpaired) electrons. The van der Waals surface area contributed by atoms with Gasteiger partial charge in [0.25, 0.3) is 0 Å². The molecule has 0 unspecified atom stereocenters. The van der Waals surface area contributed by atoms with Gasteiger partial charge >= 0.3 is 0 Å². The fourth-order valence-electron chi connectivity index (χ4n) is 7.46. The van der Waals surface area contributed by atoms with Crippen LogP contribution < -0.4 is 10.1 Å². The number of carbonyl (C=O) groups is 5. The molecule has 2 aliphatic carbocycles. The van der Waals surface area contributed by atoms with E-state index in [0.717, 1.165) is 29.5 Å². The minimum absolute atomic E-state index is 0.0531. The van der Waals surface area contributed by atoms with Gasteiger partial charge in [-0.15, -0.1) is 0 Å². The summed E-state index contributed by atoms with van der Waals surface area (Å²) < 4.78 is 5.32. The largest absolute Gasteiger partial charge is 0.497 e. The number of ether oxygens (including phenoxy) is 1. The van der Waals surface area contributed by atoms with E-state index < -0.39 is 29.4 Å². The van der Waals surface area contributed by atoms with Gasteiger partial charge in [0, 0.05) is 37.0 Å². The number of benzene rings is 4. The Balaban J connectivity index is 1.19. The van der Waals surface area contributed by atoms with Crippen LogP contribution in [0.4, 0.5) is 0 Å². The number of hydrogen-bond donors (Lipinski definition) is 1. The zero-order valence-corrected chi connectivity index (χ0v) is 29.8. The second-order valence-electron chi connectivity index (χ2n) is 14.4. The number of ketones is 4. The van der Waals surface area contributed by atoms with Crippen LogP contribution in [0, 0.1) is 23.7 Å². The first-order valence-corrected chi connectivity index (χ1v) is 18.5. The molecular weight excluding hydrogens is 650 g/mol. The maximum absolute atomic E-state index is 14.3. The summed E-state index contributed by atoms with van der Waals surface area (Å²) >= 11 is 0. The Morgan fingerprint density at radius 1 is 0.692 bits per heavy atom. The van der Waals surface area contributed by atoms with Gasteiger partial charge in [0.1, 0.15) is 11.5 Å². The van der Waals surface area contributed by atoms with E-state index >= 15 is 0 Å². The maximum atomic E-state index is 14.3. The number of amides is 1. The molecule has 1 saturated carbocycles. The summed E-state index contributed by atoms with van der Waals surface area (Å²) in [5.74, 6) is -2.39. The van der Waals surface area contributed by atoms with E-state index in [1.54, 1.807) is 19.2 Å². The normalized spacial score (nSPS) is 15.6. The lowest BCUT2D eigenvalue weighted by Crippen LogP contribution is -2.47. The minimum Gasteiger partial charge on any atom is -0.497 e. The third kappa shape index (κ3) is 9.78. The van der Waals surface area contributed by atoms with Crippen LogP contribution >= 0.6 is 0 Å². The Labute approximate surface area is 306 Å². The summed E-state index contributed by atoms with van der Waals surface area (Å²) in [6.45, 7) is 0. The summed E-state index contributed by atoms with van der Waals surface area (Å²) in [6.07, 6.45) is 3.97. The molecule has 0 heterocycles. The Morgan fingerprint density at radius 3 is 1.87 bits per heavy atom. The zero-order chi connectivity index (χ0) is 36.5. The average Bonchev–Trinajstić information content (AvgIpc) is 3.92. The summed E-state index contributed by atoms with van der Waals surface area (Å²) in [5.41, 5.74) is 5.00. The van der Waals surface area contributed by atoms with Crippen LogP contribution in [0.5, 0.6) is 5.75 Å². The van der Waals surface area contributed by atoms with Crippen LogP contribution in [-0.2, 0) is 56.1 Å². The Hall–Kier alpha value is -5.17. The number of aryl methyl sites for hydroxylation is 1. The first-order valence-electron chi connectivity index (χ1n) is 18.5. The van der Waals surface area contributed by atoms with E-state index in [4.69, 9.17) is 4.74 Å². The topological polar surface area (TPSA) is 107 Å². The van der Waals surface area contributed by atoms with Gasteiger partial charge in [0.15, 0.2) is 11.6 Å².